The van der Waals surface area contributed by atoms with Crippen molar-refractivity contribution in [3.8, 4) is 0 Å². The molecule has 0 N–H and O–H groups in total. The van der Waals surface area contributed by atoms with E-state index in [1.54, 1.807) is 24.3 Å². The Morgan fingerprint density at radius 2 is 1.61 bits per heavy atom. The highest BCUT2D eigenvalue weighted by molar-refractivity contribution is 5.85. The van der Waals surface area contributed by atoms with Gasteiger partial charge in [-0.15, -0.1) is 12.4 Å². The van der Waals surface area contributed by atoms with Gasteiger partial charge in [0.15, 0.2) is 0 Å². The normalized spacial score (nSPS) is 15.4. The minimum absolute atomic E-state index is 0. The molecule has 0 radical (unpaired) electrons. The summed E-state index contributed by atoms with van der Waals surface area (Å²) in [6.07, 6.45) is 3.03. The lowest BCUT2D eigenvalue weighted by molar-refractivity contribution is 0.168. The van der Waals surface area contributed by atoms with E-state index in [0.717, 1.165) is 38.9 Å². The number of para-hydroxylation sites is 1. The van der Waals surface area contributed by atoms with Crippen LogP contribution in [-0.2, 0) is 13.1 Å². The molecule has 28 heavy (non-hydrogen) atoms. The van der Waals surface area contributed by atoms with Crippen molar-refractivity contribution < 1.29 is 4.42 Å². The Bertz CT molecular complexity index is 1020. The number of nitrogens with zero attached hydrogens (tertiary/aromatic N) is 2. The number of benzene rings is 2. The van der Waals surface area contributed by atoms with E-state index in [1.807, 2.05) is 6.07 Å². The molecule has 0 bridgehead atoms. The van der Waals surface area contributed by atoms with Gasteiger partial charge in [-0.25, -0.2) is 9.36 Å². The second-order valence-electron chi connectivity index (χ2n) is 7.31. The number of rotatable bonds is 5. The molecule has 6 heteroatoms. The third-order valence-electron chi connectivity index (χ3n) is 5.50. The zero-order valence-corrected chi connectivity index (χ0v) is 16.6. The van der Waals surface area contributed by atoms with E-state index in [2.05, 4.69) is 29.2 Å². The number of hydrogen-bond donors (Lipinski definition) is 0. The summed E-state index contributed by atoms with van der Waals surface area (Å²) in [6, 6.07) is 17.4. The van der Waals surface area contributed by atoms with Crippen LogP contribution in [0, 0.1) is 5.92 Å². The maximum absolute atomic E-state index is 12.6. The molecule has 4 rings (SSSR count). The van der Waals surface area contributed by atoms with E-state index in [4.69, 9.17) is 4.42 Å². The van der Waals surface area contributed by atoms with E-state index in [9.17, 15) is 9.59 Å². The van der Waals surface area contributed by atoms with Crippen LogP contribution in [0.4, 0.5) is 0 Å². The number of halogens is 1. The average Bonchev–Trinajstić information content (AvgIpc) is 2.70. The fraction of sp³-hybridized carbons (Fsp3) is 0.364. The molecule has 0 atom stereocenters. The summed E-state index contributed by atoms with van der Waals surface area (Å²) in [5.74, 6) is -0.0185. The molecule has 0 unspecified atom stereocenters. The SMILES string of the molecule is Cl.O=c1oc2ccccc2c(=O)n1CCC1CCN(Cc2ccccc2)CC1. The first-order valence-electron chi connectivity index (χ1n) is 9.59. The average molecular weight is 401 g/mol. The van der Waals surface area contributed by atoms with E-state index in [1.165, 1.54) is 10.1 Å². The van der Waals surface area contributed by atoms with Crippen molar-refractivity contribution >= 4 is 23.4 Å². The van der Waals surface area contributed by atoms with Gasteiger partial charge < -0.3 is 4.42 Å². The molecule has 1 aliphatic rings. The number of hydrogen-bond acceptors (Lipinski definition) is 4. The minimum atomic E-state index is -0.555. The fourth-order valence-corrected chi connectivity index (χ4v) is 3.89. The van der Waals surface area contributed by atoms with Gasteiger partial charge in [-0.05, 0) is 56.0 Å². The highest BCUT2D eigenvalue weighted by atomic mass is 35.5. The van der Waals surface area contributed by atoms with Crippen molar-refractivity contribution in [3.05, 3.63) is 81.1 Å². The molecule has 2 heterocycles. The monoisotopic (exact) mass is 400 g/mol. The summed E-state index contributed by atoms with van der Waals surface area (Å²) in [6.45, 7) is 3.53. The molecule has 0 aliphatic carbocycles. The summed E-state index contributed by atoms with van der Waals surface area (Å²) >= 11 is 0. The van der Waals surface area contributed by atoms with Gasteiger partial charge in [0, 0.05) is 13.1 Å². The molecule has 3 aromatic rings. The van der Waals surface area contributed by atoms with Crippen LogP contribution in [0.2, 0.25) is 0 Å². The smallest absolute Gasteiger partial charge is 0.409 e. The molecule has 0 spiro atoms. The van der Waals surface area contributed by atoms with Crippen LogP contribution in [0.5, 0.6) is 0 Å². The molecular formula is C22H25ClN2O3. The molecule has 0 saturated carbocycles. The van der Waals surface area contributed by atoms with E-state index in [0.29, 0.717) is 23.4 Å². The number of fused-ring (bicyclic) bond motifs is 1. The third kappa shape index (κ3) is 4.54. The molecule has 1 aromatic heterocycles. The second kappa shape index (κ2) is 9.22. The van der Waals surface area contributed by atoms with Crippen LogP contribution in [0.15, 0.2) is 68.6 Å². The van der Waals surface area contributed by atoms with Gasteiger partial charge in [-0.2, -0.15) is 0 Å². The lowest BCUT2D eigenvalue weighted by Crippen LogP contribution is -2.36. The van der Waals surface area contributed by atoms with Crippen molar-refractivity contribution in [2.75, 3.05) is 13.1 Å². The zero-order valence-electron chi connectivity index (χ0n) is 15.8. The lowest BCUT2D eigenvalue weighted by Gasteiger charge is -2.32. The third-order valence-corrected chi connectivity index (χ3v) is 5.50. The summed E-state index contributed by atoms with van der Waals surface area (Å²) in [7, 11) is 0. The Labute approximate surface area is 170 Å². The van der Waals surface area contributed by atoms with Crippen LogP contribution in [-0.4, -0.2) is 22.6 Å². The highest BCUT2D eigenvalue weighted by Gasteiger charge is 2.20. The molecule has 148 valence electrons. The maximum atomic E-state index is 12.6. The fourth-order valence-electron chi connectivity index (χ4n) is 3.89. The molecule has 2 aromatic carbocycles. The van der Waals surface area contributed by atoms with Crippen LogP contribution in [0.3, 0.4) is 0 Å². The van der Waals surface area contributed by atoms with Gasteiger partial charge in [-0.1, -0.05) is 42.5 Å². The first-order chi connectivity index (χ1) is 13.2. The van der Waals surface area contributed by atoms with Crippen LogP contribution in [0.25, 0.3) is 11.0 Å². The molecule has 1 fully saturated rings. The van der Waals surface area contributed by atoms with Gasteiger partial charge in [0.2, 0.25) is 0 Å². The van der Waals surface area contributed by atoms with Gasteiger partial charge in [0.05, 0.1) is 5.39 Å². The predicted molar refractivity (Wildman–Crippen MR) is 113 cm³/mol. The van der Waals surface area contributed by atoms with Gasteiger partial charge in [0.1, 0.15) is 5.58 Å². The zero-order chi connectivity index (χ0) is 18.6. The lowest BCUT2D eigenvalue weighted by atomic mass is 9.93. The quantitative estimate of drug-likeness (QED) is 0.655. The molecule has 0 amide bonds. The summed E-state index contributed by atoms with van der Waals surface area (Å²) < 4.78 is 6.54. The van der Waals surface area contributed by atoms with Crippen molar-refractivity contribution in [2.45, 2.75) is 32.4 Å². The number of aromatic nitrogens is 1. The Kier molecular flexibility index (Phi) is 6.70. The summed E-state index contributed by atoms with van der Waals surface area (Å²) in [5.41, 5.74) is 1.46. The van der Waals surface area contributed by atoms with Crippen molar-refractivity contribution in [1.29, 1.82) is 0 Å². The molecule has 5 nitrogen and oxygen atoms in total. The van der Waals surface area contributed by atoms with E-state index >= 15 is 0 Å². The van der Waals surface area contributed by atoms with Gasteiger partial charge >= 0.3 is 5.76 Å². The summed E-state index contributed by atoms with van der Waals surface area (Å²) in [5, 5.41) is 0.467. The topological polar surface area (TPSA) is 55.5 Å². The Morgan fingerprint density at radius 1 is 0.929 bits per heavy atom. The second-order valence-corrected chi connectivity index (χ2v) is 7.31. The van der Waals surface area contributed by atoms with Gasteiger partial charge in [0.25, 0.3) is 5.56 Å². The Balaban J connectivity index is 0.00000225. The Hall–Kier alpha value is -2.37. The first kappa shape index (κ1) is 20.4. The Morgan fingerprint density at radius 3 is 2.36 bits per heavy atom. The summed E-state index contributed by atoms with van der Waals surface area (Å²) in [4.78, 5) is 27.2. The largest absolute Gasteiger partial charge is 0.422 e. The van der Waals surface area contributed by atoms with Crippen LogP contribution in [0.1, 0.15) is 24.8 Å². The predicted octanol–water partition coefficient (Wildman–Crippen LogP) is 3.68. The molecule has 1 saturated heterocycles. The standard InChI is InChI=1S/C22H24N2O3.ClH/c25-21-19-8-4-5-9-20(19)27-22(26)24(21)15-12-17-10-13-23(14-11-17)16-18-6-2-1-3-7-18;/h1-9,17H,10-16H2;1H. The minimum Gasteiger partial charge on any atom is -0.409 e. The van der Waals surface area contributed by atoms with Crippen molar-refractivity contribution in [3.63, 3.8) is 0 Å². The van der Waals surface area contributed by atoms with Crippen LogP contribution >= 0.6 is 12.4 Å². The highest BCUT2D eigenvalue weighted by Crippen LogP contribution is 2.22. The van der Waals surface area contributed by atoms with Crippen LogP contribution < -0.4 is 11.3 Å². The van der Waals surface area contributed by atoms with E-state index in [-0.39, 0.29) is 18.0 Å². The molecular weight excluding hydrogens is 376 g/mol. The number of piperidine rings is 1. The maximum Gasteiger partial charge on any atom is 0.422 e. The number of likely N-dealkylation sites (tertiary alicyclic amines) is 1. The van der Waals surface area contributed by atoms with Crippen molar-refractivity contribution in [2.24, 2.45) is 5.92 Å². The van der Waals surface area contributed by atoms with Crippen molar-refractivity contribution in [1.82, 2.24) is 9.47 Å². The van der Waals surface area contributed by atoms with Gasteiger partial charge in [-0.3, -0.25) is 9.69 Å². The molecule has 1 aliphatic heterocycles. The first-order valence-corrected chi connectivity index (χ1v) is 9.59. The van der Waals surface area contributed by atoms with E-state index < -0.39 is 5.76 Å².